The normalized spacial score (nSPS) is 26.8. The number of nitrogens with one attached hydrogen (secondary N) is 2. The van der Waals surface area contributed by atoms with Crippen molar-refractivity contribution in [3.8, 4) is 0 Å². The monoisotopic (exact) mass is 272 g/mol. The van der Waals surface area contributed by atoms with Crippen molar-refractivity contribution in [1.82, 2.24) is 0 Å². The van der Waals surface area contributed by atoms with Crippen LogP contribution in [0.2, 0.25) is 0 Å². The number of rotatable bonds is 3. The molecule has 0 bridgehead atoms. The molecule has 0 heterocycles. The fourth-order valence-corrected chi connectivity index (χ4v) is 3.20. The van der Waals surface area contributed by atoms with E-state index in [-0.39, 0.29) is 17.7 Å². The predicted octanol–water partition coefficient (Wildman–Crippen LogP) is 2.94. The lowest BCUT2D eigenvalue weighted by molar-refractivity contribution is -0.120. The van der Waals surface area contributed by atoms with Gasteiger partial charge in [0.2, 0.25) is 11.8 Å². The fraction of sp³-hybridized carbons (Fsp3) is 0.500. The number of carbonyl (C=O) groups is 2. The van der Waals surface area contributed by atoms with Crippen molar-refractivity contribution >= 4 is 23.2 Å². The molecule has 2 amide bonds. The van der Waals surface area contributed by atoms with Gasteiger partial charge >= 0.3 is 0 Å². The molecule has 2 aliphatic rings. The van der Waals surface area contributed by atoms with Gasteiger partial charge in [0.05, 0.1) is 0 Å². The van der Waals surface area contributed by atoms with Crippen LogP contribution < -0.4 is 10.6 Å². The topological polar surface area (TPSA) is 58.2 Å². The molecule has 2 fully saturated rings. The molecule has 4 nitrogen and oxygen atoms in total. The van der Waals surface area contributed by atoms with Crippen molar-refractivity contribution < 1.29 is 9.59 Å². The van der Waals surface area contributed by atoms with Gasteiger partial charge < -0.3 is 10.6 Å². The lowest BCUT2D eigenvalue weighted by atomic mass is 10.0. The Hall–Kier alpha value is -1.84. The maximum Gasteiger partial charge on any atom is 0.227 e. The first kappa shape index (κ1) is 13.2. The van der Waals surface area contributed by atoms with E-state index in [4.69, 9.17) is 0 Å². The van der Waals surface area contributed by atoms with E-state index in [2.05, 4.69) is 10.6 Å². The van der Waals surface area contributed by atoms with Gasteiger partial charge in [0.1, 0.15) is 0 Å². The van der Waals surface area contributed by atoms with Gasteiger partial charge in [-0.05, 0) is 55.7 Å². The van der Waals surface area contributed by atoms with E-state index in [0.717, 1.165) is 35.9 Å². The fourth-order valence-electron chi connectivity index (χ4n) is 3.20. The SMILES string of the molecule is CC(=O)Nc1ccc(C)c(NC(=O)C2CC3CC3C2)c1. The van der Waals surface area contributed by atoms with Gasteiger partial charge in [0.15, 0.2) is 0 Å². The first-order valence-electron chi connectivity index (χ1n) is 7.22. The molecule has 0 aromatic heterocycles. The standard InChI is InChI=1S/C16H20N2O2/c1-9-3-4-14(17-10(2)19)8-15(9)18-16(20)13-6-11-5-12(11)7-13/h3-4,8,11-13H,5-7H2,1-2H3,(H,17,19)(H,18,20). The number of aryl methyl sites for hydroxylation is 1. The molecular formula is C16H20N2O2. The Bertz CT molecular complexity index is 558. The number of carbonyl (C=O) groups excluding carboxylic acids is 2. The average molecular weight is 272 g/mol. The van der Waals surface area contributed by atoms with Crippen LogP contribution in [-0.2, 0) is 9.59 Å². The smallest absolute Gasteiger partial charge is 0.227 e. The Morgan fingerprint density at radius 2 is 1.80 bits per heavy atom. The van der Waals surface area contributed by atoms with Crippen molar-refractivity contribution in [3.63, 3.8) is 0 Å². The maximum atomic E-state index is 12.3. The molecular weight excluding hydrogens is 252 g/mol. The molecule has 0 spiro atoms. The first-order chi connectivity index (χ1) is 9.52. The van der Waals surface area contributed by atoms with Crippen molar-refractivity contribution in [3.05, 3.63) is 23.8 Å². The summed E-state index contributed by atoms with van der Waals surface area (Å²) in [6.45, 7) is 3.43. The molecule has 2 atom stereocenters. The summed E-state index contributed by atoms with van der Waals surface area (Å²) < 4.78 is 0. The second kappa shape index (κ2) is 4.93. The molecule has 2 N–H and O–H groups in total. The second-order valence-corrected chi connectivity index (χ2v) is 6.12. The molecule has 3 rings (SSSR count). The minimum atomic E-state index is -0.109. The van der Waals surface area contributed by atoms with E-state index in [1.165, 1.54) is 13.3 Å². The van der Waals surface area contributed by atoms with Gasteiger partial charge in [-0.1, -0.05) is 6.07 Å². The van der Waals surface area contributed by atoms with Crippen LogP contribution in [0.25, 0.3) is 0 Å². The third-order valence-corrected chi connectivity index (χ3v) is 4.43. The molecule has 2 aliphatic carbocycles. The zero-order valence-corrected chi connectivity index (χ0v) is 11.9. The Balaban J connectivity index is 1.69. The highest BCUT2D eigenvalue weighted by Gasteiger charge is 2.47. The van der Waals surface area contributed by atoms with Gasteiger partial charge in [-0.15, -0.1) is 0 Å². The summed E-state index contributed by atoms with van der Waals surface area (Å²) in [6, 6.07) is 5.58. The lowest BCUT2D eigenvalue weighted by Crippen LogP contribution is -2.22. The van der Waals surface area contributed by atoms with Crippen LogP contribution in [0.5, 0.6) is 0 Å². The summed E-state index contributed by atoms with van der Waals surface area (Å²) in [6.07, 6.45) is 3.41. The minimum Gasteiger partial charge on any atom is -0.326 e. The Labute approximate surface area is 118 Å². The van der Waals surface area contributed by atoms with Gasteiger partial charge in [-0.2, -0.15) is 0 Å². The van der Waals surface area contributed by atoms with E-state index >= 15 is 0 Å². The number of benzene rings is 1. The van der Waals surface area contributed by atoms with Crippen molar-refractivity contribution in [1.29, 1.82) is 0 Å². The van der Waals surface area contributed by atoms with Crippen molar-refractivity contribution in [2.75, 3.05) is 10.6 Å². The molecule has 1 aromatic rings. The van der Waals surface area contributed by atoms with Gasteiger partial charge in [-0.3, -0.25) is 9.59 Å². The van der Waals surface area contributed by atoms with Crippen molar-refractivity contribution in [2.45, 2.75) is 33.1 Å². The summed E-state index contributed by atoms with van der Waals surface area (Å²) >= 11 is 0. The molecule has 20 heavy (non-hydrogen) atoms. The number of hydrogen-bond acceptors (Lipinski definition) is 2. The summed E-state index contributed by atoms with van der Waals surface area (Å²) in [5, 5.41) is 5.76. The molecule has 1 aromatic carbocycles. The molecule has 0 saturated heterocycles. The predicted molar refractivity (Wildman–Crippen MR) is 78.4 cm³/mol. The van der Waals surface area contributed by atoms with E-state index in [1.807, 2.05) is 25.1 Å². The molecule has 0 radical (unpaired) electrons. The molecule has 2 saturated carbocycles. The molecule has 106 valence electrons. The Morgan fingerprint density at radius 1 is 1.10 bits per heavy atom. The van der Waals surface area contributed by atoms with E-state index in [0.29, 0.717) is 5.69 Å². The zero-order valence-electron chi connectivity index (χ0n) is 11.9. The largest absolute Gasteiger partial charge is 0.326 e. The van der Waals surface area contributed by atoms with Crippen LogP contribution in [0, 0.1) is 24.7 Å². The third-order valence-electron chi connectivity index (χ3n) is 4.43. The van der Waals surface area contributed by atoms with Gasteiger partial charge in [-0.25, -0.2) is 0 Å². The summed E-state index contributed by atoms with van der Waals surface area (Å²) in [4.78, 5) is 23.4. The average Bonchev–Trinajstić information content (AvgIpc) is 2.99. The molecule has 2 unspecified atom stereocenters. The third kappa shape index (κ3) is 2.69. The maximum absolute atomic E-state index is 12.3. The minimum absolute atomic E-state index is 0.109. The number of fused-ring (bicyclic) bond motifs is 1. The number of amides is 2. The lowest BCUT2D eigenvalue weighted by Gasteiger charge is -2.15. The quantitative estimate of drug-likeness (QED) is 0.888. The molecule has 0 aliphatic heterocycles. The van der Waals surface area contributed by atoms with Gasteiger partial charge in [0.25, 0.3) is 0 Å². The van der Waals surface area contributed by atoms with Crippen LogP contribution in [0.4, 0.5) is 11.4 Å². The second-order valence-electron chi connectivity index (χ2n) is 6.12. The zero-order chi connectivity index (χ0) is 14.3. The van der Waals surface area contributed by atoms with E-state index < -0.39 is 0 Å². The number of hydrogen-bond donors (Lipinski definition) is 2. The van der Waals surface area contributed by atoms with Gasteiger partial charge in [0, 0.05) is 24.2 Å². The summed E-state index contributed by atoms with van der Waals surface area (Å²) in [5.41, 5.74) is 2.52. The highest BCUT2D eigenvalue weighted by molar-refractivity contribution is 5.95. The van der Waals surface area contributed by atoms with Crippen LogP contribution >= 0.6 is 0 Å². The highest BCUT2D eigenvalue weighted by Crippen LogP contribution is 2.54. The first-order valence-corrected chi connectivity index (χ1v) is 7.22. The summed E-state index contributed by atoms with van der Waals surface area (Å²) in [7, 11) is 0. The van der Waals surface area contributed by atoms with E-state index in [9.17, 15) is 9.59 Å². The highest BCUT2D eigenvalue weighted by atomic mass is 16.2. The van der Waals surface area contributed by atoms with E-state index in [1.54, 1.807) is 0 Å². The molecule has 4 heteroatoms. The Morgan fingerprint density at radius 3 is 2.45 bits per heavy atom. The van der Waals surface area contributed by atoms with Crippen LogP contribution in [0.15, 0.2) is 18.2 Å². The van der Waals surface area contributed by atoms with Crippen LogP contribution in [0.1, 0.15) is 31.7 Å². The van der Waals surface area contributed by atoms with Crippen molar-refractivity contribution in [2.24, 2.45) is 17.8 Å². The summed E-state index contributed by atoms with van der Waals surface area (Å²) in [5.74, 6) is 1.79. The van der Waals surface area contributed by atoms with Crippen LogP contribution in [-0.4, -0.2) is 11.8 Å². The Kier molecular flexibility index (Phi) is 3.24. The number of anilines is 2. The van der Waals surface area contributed by atoms with Crippen LogP contribution in [0.3, 0.4) is 0 Å².